The van der Waals surface area contributed by atoms with E-state index in [1.54, 1.807) is 19.1 Å². The highest BCUT2D eigenvalue weighted by molar-refractivity contribution is 5.72. The Labute approximate surface area is 93.6 Å². The van der Waals surface area contributed by atoms with Crippen LogP contribution in [0.5, 0.6) is 5.75 Å². The summed E-state index contributed by atoms with van der Waals surface area (Å²) < 4.78 is 9.73. The first-order chi connectivity index (χ1) is 7.71. The van der Waals surface area contributed by atoms with Crippen molar-refractivity contribution in [2.75, 3.05) is 13.7 Å². The third kappa shape index (κ3) is 2.95. The number of nitriles is 1. The van der Waals surface area contributed by atoms with Crippen LogP contribution in [0.3, 0.4) is 0 Å². The Morgan fingerprint density at radius 2 is 2.31 bits per heavy atom. The Morgan fingerprint density at radius 3 is 2.88 bits per heavy atom. The number of aromatic nitrogens is 1. The second kappa shape index (κ2) is 5.71. The summed E-state index contributed by atoms with van der Waals surface area (Å²) in [5.74, 6) is 0.0409. The standard InChI is InChI=1S/C11H12N2O3/c1-3-16-11(14)6-8-4-5-10(15-2)9(7-12)13-8/h4-5H,3,6H2,1-2H3. The Bertz CT molecular complexity index is 424. The van der Waals surface area contributed by atoms with Gasteiger partial charge in [-0.1, -0.05) is 0 Å². The molecule has 0 aliphatic heterocycles. The predicted octanol–water partition coefficient (Wildman–Crippen LogP) is 1.07. The van der Waals surface area contributed by atoms with Gasteiger partial charge >= 0.3 is 5.97 Å². The largest absolute Gasteiger partial charge is 0.494 e. The number of rotatable bonds is 4. The lowest BCUT2D eigenvalue weighted by Crippen LogP contribution is -2.09. The van der Waals surface area contributed by atoms with Crippen LogP contribution in [0.1, 0.15) is 18.3 Å². The second-order valence-corrected chi connectivity index (χ2v) is 2.95. The molecule has 0 aliphatic rings. The van der Waals surface area contributed by atoms with Crippen LogP contribution in [0.2, 0.25) is 0 Å². The van der Waals surface area contributed by atoms with Crippen LogP contribution in [0, 0.1) is 11.3 Å². The molecule has 0 spiro atoms. The van der Waals surface area contributed by atoms with Crippen molar-refractivity contribution in [3.63, 3.8) is 0 Å². The maximum Gasteiger partial charge on any atom is 0.311 e. The molecule has 0 radical (unpaired) electrons. The van der Waals surface area contributed by atoms with Gasteiger partial charge in [0.15, 0.2) is 11.4 Å². The molecule has 1 rings (SSSR count). The maximum absolute atomic E-state index is 11.2. The van der Waals surface area contributed by atoms with E-state index in [1.165, 1.54) is 7.11 Å². The van der Waals surface area contributed by atoms with Crippen LogP contribution >= 0.6 is 0 Å². The van der Waals surface area contributed by atoms with E-state index in [1.807, 2.05) is 6.07 Å². The lowest BCUT2D eigenvalue weighted by Gasteiger charge is -2.04. The molecule has 0 unspecified atom stereocenters. The molecule has 0 fully saturated rings. The van der Waals surface area contributed by atoms with Crippen LogP contribution < -0.4 is 4.74 Å². The summed E-state index contributed by atoms with van der Waals surface area (Å²) in [6.45, 7) is 2.07. The summed E-state index contributed by atoms with van der Waals surface area (Å²) in [4.78, 5) is 15.2. The molecule has 16 heavy (non-hydrogen) atoms. The Balaban J connectivity index is 2.84. The van der Waals surface area contributed by atoms with E-state index in [0.717, 1.165) is 0 Å². The molecule has 5 heteroatoms. The number of hydrogen-bond donors (Lipinski definition) is 0. The van der Waals surface area contributed by atoms with E-state index in [-0.39, 0.29) is 18.1 Å². The fourth-order valence-electron chi connectivity index (χ4n) is 1.19. The zero-order chi connectivity index (χ0) is 12.0. The summed E-state index contributed by atoms with van der Waals surface area (Å²) >= 11 is 0. The van der Waals surface area contributed by atoms with Crippen molar-refractivity contribution in [3.8, 4) is 11.8 Å². The predicted molar refractivity (Wildman–Crippen MR) is 55.8 cm³/mol. The smallest absolute Gasteiger partial charge is 0.311 e. The van der Waals surface area contributed by atoms with E-state index in [9.17, 15) is 4.79 Å². The number of esters is 1. The number of pyridine rings is 1. The highest BCUT2D eigenvalue weighted by Crippen LogP contribution is 2.15. The van der Waals surface area contributed by atoms with Crippen molar-refractivity contribution in [2.24, 2.45) is 0 Å². The molecule has 5 nitrogen and oxygen atoms in total. The number of hydrogen-bond acceptors (Lipinski definition) is 5. The summed E-state index contributed by atoms with van der Waals surface area (Å²) in [5.41, 5.74) is 0.667. The molecule has 1 aromatic rings. The Morgan fingerprint density at radius 1 is 1.56 bits per heavy atom. The molecular weight excluding hydrogens is 208 g/mol. The van der Waals surface area contributed by atoms with Gasteiger partial charge in [-0.3, -0.25) is 4.79 Å². The van der Waals surface area contributed by atoms with Gasteiger partial charge in [0.05, 0.1) is 25.8 Å². The minimum atomic E-state index is -0.357. The van der Waals surface area contributed by atoms with Crippen LogP contribution in [-0.2, 0) is 16.0 Å². The Hall–Kier alpha value is -2.09. The summed E-state index contributed by atoms with van der Waals surface area (Å²) in [7, 11) is 1.46. The first-order valence-corrected chi connectivity index (χ1v) is 4.81. The molecule has 84 valence electrons. The van der Waals surface area contributed by atoms with Gasteiger partial charge in [0.2, 0.25) is 0 Å². The number of carbonyl (C=O) groups is 1. The average Bonchev–Trinajstić information content (AvgIpc) is 2.29. The van der Waals surface area contributed by atoms with Gasteiger partial charge in [0.1, 0.15) is 6.07 Å². The maximum atomic E-state index is 11.2. The molecule has 0 saturated carbocycles. The highest BCUT2D eigenvalue weighted by atomic mass is 16.5. The van der Waals surface area contributed by atoms with E-state index in [4.69, 9.17) is 14.7 Å². The zero-order valence-electron chi connectivity index (χ0n) is 9.19. The fraction of sp³-hybridized carbons (Fsp3) is 0.364. The molecule has 0 atom stereocenters. The minimum Gasteiger partial charge on any atom is -0.494 e. The van der Waals surface area contributed by atoms with Gasteiger partial charge < -0.3 is 9.47 Å². The molecular formula is C11H12N2O3. The topological polar surface area (TPSA) is 72.2 Å². The molecule has 0 amide bonds. The third-order valence-electron chi connectivity index (χ3n) is 1.87. The lowest BCUT2D eigenvalue weighted by atomic mass is 10.2. The number of carbonyl (C=O) groups excluding carboxylic acids is 1. The van der Waals surface area contributed by atoms with Crippen molar-refractivity contribution in [2.45, 2.75) is 13.3 Å². The molecule has 1 heterocycles. The first-order valence-electron chi connectivity index (χ1n) is 4.81. The summed E-state index contributed by atoms with van der Waals surface area (Å²) in [6, 6.07) is 5.15. The van der Waals surface area contributed by atoms with Gasteiger partial charge in [0.25, 0.3) is 0 Å². The highest BCUT2D eigenvalue weighted by Gasteiger charge is 2.09. The van der Waals surface area contributed by atoms with E-state index >= 15 is 0 Å². The van der Waals surface area contributed by atoms with Gasteiger partial charge in [-0.2, -0.15) is 5.26 Å². The molecule has 0 bridgehead atoms. The quantitative estimate of drug-likeness (QED) is 0.709. The molecule has 0 aromatic carbocycles. The SMILES string of the molecule is CCOC(=O)Cc1ccc(OC)c(C#N)n1. The number of methoxy groups -OCH3 is 1. The fourth-order valence-corrected chi connectivity index (χ4v) is 1.19. The van der Waals surface area contributed by atoms with E-state index in [2.05, 4.69) is 4.98 Å². The molecule has 0 saturated heterocycles. The summed E-state index contributed by atoms with van der Waals surface area (Å²) in [5, 5.41) is 8.80. The first kappa shape index (κ1) is 12.0. The van der Waals surface area contributed by atoms with Crippen molar-refractivity contribution >= 4 is 5.97 Å². The van der Waals surface area contributed by atoms with Gasteiger partial charge in [0, 0.05) is 0 Å². The van der Waals surface area contributed by atoms with Crippen LogP contribution in [0.4, 0.5) is 0 Å². The molecule has 0 N–H and O–H groups in total. The monoisotopic (exact) mass is 220 g/mol. The van der Waals surface area contributed by atoms with Gasteiger partial charge in [-0.25, -0.2) is 4.98 Å². The van der Waals surface area contributed by atoms with Crippen molar-refractivity contribution in [3.05, 3.63) is 23.5 Å². The normalized spacial score (nSPS) is 9.31. The van der Waals surface area contributed by atoms with Gasteiger partial charge in [-0.15, -0.1) is 0 Å². The van der Waals surface area contributed by atoms with Crippen molar-refractivity contribution in [1.82, 2.24) is 4.98 Å². The number of ether oxygens (including phenoxy) is 2. The molecule has 1 aromatic heterocycles. The Kier molecular flexibility index (Phi) is 4.28. The van der Waals surface area contributed by atoms with Crippen molar-refractivity contribution < 1.29 is 14.3 Å². The van der Waals surface area contributed by atoms with Crippen LogP contribution in [-0.4, -0.2) is 24.7 Å². The van der Waals surface area contributed by atoms with Crippen LogP contribution in [0.25, 0.3) is 0 Å². The van der Waals surface area contributed by atoms with E-state index in [0.29, 0.717) is 18.1 Å². The summed E-state index contributed by atoms with van der Waals surface area (Å²) in [6.07, 6.45) is 0.0620. The third-order valence-corrected chi connectivity index (χ3v) is 1.87. The second-order valence-electron chi connectivity index (χ2n) is 2.95. The zero-order valence-corrected chi connectivity index (χ0v) is 9.19. The van der Waals surface area contributed by atoms with Gasteiger partial charge in [-0.05, 0) is 19.1 Å². The van der Waals surface area contributed by atoms with Crippen molar-refractivity contribution in [1.29, 1.82) is 5.26 Å². The average molecular weight is 220 g/mol. The van der Waals surface area contributed by atoms with E-state index < -0.39 is 0 Å². The lowest BCUT2D eigenvalue weighted by molar-refractivity contribution is -0.142. The van der Waals surface area contributed by atoms with Crippen LogP contribution in [0.15, 0.2) is 12.1 Å². The number of nitrogens with zero attached hydrogens (tertiary/aromatic N) is 2. The minimum absolute atomic E-state index is 0.0620. The molecule has 0 aliphatic carbocycles.